The van der Waals surface area contributed by atoms with Crippen molar-refractivity contribution in [1.82, 2.24) is 30.5 Å². The molecule has 2 heterocycles. The lowest BCUT2D eigenvalue weighted by Gasteiger charge is -2.15. The number of pyridine rings is 1. The minimum absolute atomic E-state index is 0.286. The molecule has 2 amide bonds. The van der Waals surface area contributed by atoms with Crippen molar-refractivity contribution in [3.63, 3.8) is 0 Å². The van der Waals surface area contributed by atoms with Gasteiger partial charge in [0.1, 0.15) is 5.82 Å². The Morgan fingerprint density at radius 1 is 1.39 bits per heavy atom. The summed E-state index contributed by atoms with van der Waals surface area (Å²) >= 11 is 0. The number of carbonyl (C=O) groups is 1. The van der Waals surface area contributed by atoms with Gasteiger partial charge in [-0.1, -0.05) is 0 Å². The fourth-order valence-electron chi connectivity index (χ4n) is 2.20. The summed E-state index contributed by atoms with van der Waals surface area (Å²) in [6, 6.07) is 3.39. The van der Waals surface area contributed by atoms with E-state index in [1.54, 1.807) is 16.9 Å². The molecule has 2 aromatic rings. The normalized spacial score (nSPS) is 15.1. The fourth-order valence-corrected chi connectivity index (χ4v) is 2.20. The molecular formula is C14H20N8O. The van der Waals surface area contributed by atoms with Crippen molar-refractivity contribution in [2.75, 3.05) is 24.3 Å². The summed E-state index contributed by atoms with van der Waals surface area (Å²) in [6.45, 7) is 1.85. The first-order chi connectivity index (χ1) is 11.0. The number of aromatic nitrogens is 5. The Hall–Kier alpha value is -2.71. The Balaban J connectivity index is 1.59. The highest BCUT2D eigenvalue weighted by atomic mass is 16.2. The molecule has 0 spiro atoms. The summed E-state index contributed by atoms with van der Waals surface area (Å²) in [6.07, 6.45) is 3.87. The molecule has 3 rings (SSSR count). The van der Waals surface area contributed by atoms with E-state index in [1.165, 1.54) is 0 Å². The summed E-state index contributed by atoms with van der Waals surface area (Å²) in [4.78, 5) is 18.2. The van der Waals surface area contributed by atoms with Gasteiger partial charge in [0.05, 0.1) is 24.0 Å². The maximum Gasteiger partial charge on any atom is 0.320 e. The van der Waals surface area contributed by atoms with E-state index in [9.17, 15) is 4.79 Å². The molecule has 0 saturated heterocycles. The first-order valence-corrected chi connectivity index (χ1v) is 7.53. The summed E-state index contributed by atoms with van der Waals surface area (Å²) in [5.41, 5.74) is 0.966. The SMILES string of the molecule is C[C@@H](NC(=O)Nc1ccc(N(C)C)cn1)c1nnnn1C1CC1. The quantitative estimate of drug-likeness (QED) is 0.863. The smallest absolute Gasteiger partial charge is 0.320 e. The van der Waals surface area contributed by atoms with Gasteiger partial charge in [0.25, 0.3) is 0 Å². The molecule has 1 aliphatic rings. The van der Waals surface area contributed by atoms with Gasteiger partial charge < -0.3 is 10.2 Å². The van der Waals surface area contributed by atoms with Crippen molar-refractivity contribution < 1.29 is 4.79 Å². The maximum absolute atomic E-state index is 12.1. The Labute approximate surface area is 134 Å². The van der Waals surface area contributed by atoms with Crippen molar-refractivity contribution >= 4 is 17.5 Å². The van der Waals surface area contributed by atoms with Crippen LogP contribution in [0.15, 0.2) is 18.3 Å². The number of carbonyl (C=O) groups excluding carboxylic acids is 1. The van der Waals surface area contributed by atoms with Crippen LogP contribution in [0.2, 0.25) is 0 Å². The minimum atomic E-state index is -0.340. The first kappa shape index (κ1) is 15.2. The van der Waals surface area contributed by atoms with E-state index in [1.807, 2.05) is 32.0 Å². The largest absolute Gasteiger partial charge is 0.376 e. The Morgan fingerprint density at radius 3 is 2.78 bits per heavy atom. The molecule has 9 nitrogen and oxygen atoms in total. The van der Waals surface area contributed by atoms with Crippen LogP contribution in [0.5, 0.6) is 0 Å². The molecule has 1 atom stereocenters. The van der Waals surface area contributed by atoms with Gasteiger partial charge in [-0.25, -0.2) is 14.5 Å². The molecule has 0 aliphatic heterocycles. The van der Waals surface area contributed by atoms with Crippen LogP contribution in [0.3, 0.4) is 0 Å². The number of rotatable bonds is 5. The molecule has 2 aromatic heterocycles. The van der Waals surface area contributed by atoms with Gasteiger partial charge in [0.15, 0.2) is 5.82 Å². The van der Waals surface area contributed by atoms with Crippen LogP contribution >= 0.6 is 0 Å². The van der Waals surface area contributed by atoms with Gasteiger partial charge in [-0.05, 0) is 42.3 Å². The van der Waals surface area contributed by atoms with Crippen LogP contribution in [-0.2, 0) is 0 Å². The predicted molar refractivity (Wildman–Crippen MR) is 85.2 cm³/mol. The van der Waals surface area contributed by atoms with Crippen molar-refractivity contribution in [3.05, 3.63) is 24.2 Å². The average Bonchev–Trinajstić information content (AvgIpc) is 3.24. The van der Waals surface area contributed by atoms with E-state index in [-0.39, 0.29) is 12.1 Å². The Bertz CT molecular complexity index is 676. The van der Waals surface area contributed by atoms with E-state index < -0.39 is 0 Å². The van der Waals surface area contributed by atoms with Crippen LogP contribution in [0.1, 0.15) is 37.7 Å². The molecule has 122 valence electrons. The fraction of sp³-hybridized carbons (Fsp3) is 0.500. The van der Waals surface area contributed by atoms with Crippen molar-refractivity contribution in [2.24, 2.45) is 0 Å². The molecule has 0 unspecified atom stereocenters. The Kier molecular flexibility index (Phi) is 4.09. The summed E-state index contributed by atoms with van der Waals surface area (Å²) in [5, 5.41) is 17.2. The molecule has 0 radical (unpaired) electrons. The van der Waals surface area contributed by atoms with Gasteiger partial charge >= 0.3 is 6.03 Å². The number of tetrazole rings is 1. The van der Waals surface area contributed by atoms with Crippen LogP contribution in [0.4, 0.5) is 16.3 Å². The topological polar surface area (TPSA) is 101 Å². The molecule has 1 fully saturated rings. The highest BCUT2D eigenvalue weighted by molar-refractivity contribution is 5.88. The molecule has 1 saturated carbocycles. The summed E-state index contributed by atoms with van der Waals surface area (Å²) < 4.78 is 1.79. The van der Waals surface area contributed by atoms with Gasteiger partial charge in [0.2, 0.25) is 0 Å². The van der Waals surface area contributed by atoms with Gasteiger partial charge in [0, 0.05) is 14.1 Å². The van der Waals surface area contributed by atoms with E-state index in [2.05, 4.69) is 31.1 Å². The lowest BCUT2D eigenvalue weighted by atomic mass is 10.3. The number of nitrogens with zero attached hydrogens (tertiary/aromatic N) is 6. The molecule has 0 bridgehead atoms. The minimum Gasteiger partial charge on any atom is -0.376 e. The number of amides is 2. The monoisotopic (exact) mass is 316 g/mol. The standard InChI is InChI=1S/C14H20N8O/c1-9(13-18-19-20-22(13)10-4-5-10)16-14(23)17-12-7-6-11(8-15-12)21(2)3/h6-10H,4-5H2,1-3H3,(H2,15,16,17,23)/t9-/m1/s1. The second kappa shape index (κ2) is 6.19. The molecule has 1 aliphatic carbocycles. The first-order valence-electron chi connectivity index (χ1n) is 7.53. The third kappa shape index (κ3) is 3.55. The van der Waals surface area contributed by atoms with E-state index in [4.69, 9.17) is 0 Å². The maximum atomic E-state index is 12.1. The van der Waals surface area contributed by atoms with Crippen molar-refractivity contribution in [1.29, 1.82) is 0 Å². The highest BCUT2D eigenvalue weighted by Gasteiger charge is 2.29. The molecular weight excluding hydrogens is 296 g/mol. The lowest BCUT2D eigenvalue weighted by Crippen LogP contribution is -2.33. The molecule has 2 N–H and O–H groups in total. The van der Waals surface area contributed by atoms with E-state index in [0.717, 1.165) is 18.5 Å². The van der Waals surface area contributed by atoms with E-state index in [0.29, 0.717) is 17.7 Å². The van der Waals surface area contributed by atoms with Crippen LogP contribution in [0, 0.1) is 0 Å². The second-order valence-corrected chi connectivity index (χ2v) is 5.83. The zero-order chi connectivity index (χ0) is 16.4. The van der Waals surface area contributed by atoms with Crippen LogP contribution in [0.25, 0.3) is 0 Å². The second-order valence-electron chi connectivity index (χ2n) is 5.83. The summed E-state index contributed by atoms with van der Waals surface area (Å²) in [7, 11) is 3.87. The van der Waals surface area contributed by atoms with Gasteiger partial charge in [-0.15, -0.1) is 5.10 Å². The third-order valence-corrected chi connectivity index (χ3v) is 3.65. The predicted octanol–water partition coefficient (Wildman–Crippen LogP) is 1.35. The number of nitrogens with one attached hydrogen (secondary N) is 2. The van der Waals surface area contributed by atoms with Crippen LogP contribution < -0.4 is 15.5 Å². The van der Waals surface area contributed by atoms with Crippen molar-refractivity contribution in [3.8, 4) is 0 Å². The zero-order valence-corrected chi connectivity index (χ0v) is 13.4. The third-order valence-electron chi connectivity index (χ3n) is 3.65. The molecule has 0 aromatic carbocycles. The number of hydrogen-bond donors (Lipinski definition) is 2. The number of hydrogen-bond acceptors (Lipinski definition) is 6. The van der Waals surface area contributed by atoms with E-state index >= 15 is 0 Å². The van der Waals surface area contributed by atoms with Crippen molar-refractivity contribution in [2.45, 2.75) is 31.8 Å². The van der Waals surface area contributed by atoms with Gasteiger partial charge in [-0.3, -0.25) is 5.32 Å². The number of urea groups is 1. The average molecular weight is 316 g/mol. The van der Waals surface area contributed by atoms with Gasteiger partial charge in [-0.2, -0.15) is 0 Å². The lowest BCUT2D eigenvalue weighted by molar-refractivity contribution is 0.248. The Morgan fingerprint density at radius 2 is 2.17 bits per heavy atom. The highest BCUT2D eigenvalue weighted by Crippen LogP contribution is 2.35. The molecule has 9 heteroatoms. The zero-order valence-electron chi connectivity index (χ0n) is 13.4. The number of anilines is 2. The molecule has 23 heavy (non-hydrogen) atoms. The van der Waals surface area contributed by atoms with Crippen LogP contribution in [-0.4, -0.2) is 45.3 Å². The summed E-state index contributed by atoms with van der Waals surface area (Å²) in [5.74, 6) is 1.15.